The number of carbonyl (C=O) groups is 1. The van der Waals surface area contributed by atoms with Gasteiger partial charge in [-0.05, 0) is 36.8 Å². The Morgan fingerprint density at radius 2 is 1.45 bits per heavy atom. The Labute approximate surface area is 188 Å². The minimum absolute atomic E-state index is 0.0518. The maximum atomic E-state index is 12.5. The number of benzene rings is 2. The molecule has 172 valence electrons. The highest BCUT2D eigenvalue weighted by molar-refractivity contribution is 6.04. The second-order valence-corrected chi connectivity index (χ2v) is 8.54. The fourth-order valence-electron chi connectivity index (χ4n) is 3.98. The predicted molar refractivity (Wildman–Crippen MR) is 130 cm³/mol. The molecule has 0 aliphatic carbocycles. The molecule has 2 aromatic carbocycles. The quantitative estimate of drug-likeness (QED) is 0.286. The van der Waals surface area contributed by atoms with Crippen molar-refractivity contribution in [2.45, 2.75) is 84.5 Å². The summed E-state index contributed by atoms with van der Waals surface area (Å²) in [5, 5.41) is 15.1. The van der Waals surface area contributed by atoms with E-state index in [1.54, 1.807) is 6.07 Å². The molecule has 0 atom stereocenters. The third-order valence-corrected chi connectivity index (χ3v) is 5.86. The maximum absolute atomic E-state index is 12.5. The van der Waals surface area contributed by atoms with E-state index in [4.69, 9.17) is 4.74 Å². The van der Waals surface area contributed by atoms with Gasteiger partial charge >= 0.3 is 0 Å². The Hall–Kier alpha value is -2.07. The summed E-state index contributed by atoms with van der Waals surface area (Å²) in [6.45, 7) is 6.22. The number of phenols is 1. The highest BCUT2D eigenvalue weighted by Crippen LogP contribution is 2.31. The number of aryl methyl sites for hydroxylation is 1. The van der Waals surface area contributed by atoms with Gasteiger partial charge in [0.05, 0.1) is 5.56 Å². The Bertz CT molecular complexity index is 787. The van der Waals surface area contributed by atoms with E-state index in [9.17, 15) is 9.90 Å². The third-order valence-electron chi connectivity index (χ3n) is 5.86. The van der Waals surface area contributed by atoms with Gasteiger partial charge in [-0.25, -0.2) is 0 Å². The molecule has 2 N–H and O–H groups in total. The Morgan fingerprint density at radius 3 is 2.13 bits per heavy atom. The van der Waals surface area contributed by atoms with Gasteiger partial charge < -0.3 is 15.2 Å². The van der Waals surface area contributed by atoms with Crippen LogP contribution in [0.4, 0.5) is 0 Å². The molecule has 0 aromatic heterocycles. The fraction of sp³-hybridized carbons (Fsp3) is 0.593. The zero-order chi connectivity index (χ0) is 22.3. The molecule has 31 heavy (non-hydrogen) atoms. The third kappa shape index (κ3) is 8.90. The summed E-state index contributed by atoms with van der Waals surface area (Å²) >= 11 is 0. The van der Waals surface area contributed by atoms with Crippen LogP contribution in [-0.2, 0) is 4.74 Å². The summed E-state index contributed by atoms with van der Waals surface area (Å²) < 4.78 is 5.69. The van der Waals surface area contributed by atoms with Gasteiger partial charge in [0.2, 0.25) is 0 Å². The van der Waals surface area contributed by atoms with Crippen LogP contribution in [0.5, 0.6) is 5.75 Å². The Kier molecular flexibility index (Phi) is 12.1. The van der Waals surface area contributed by atoms with Gasteiger partial charge in [0.25, 0.3) is 5.91 Å². The number of hydrogen-bond donors (Lipinski definition) is 2. The lowest BCUT2D eigenvalue weighted by molar-refractivity contribution is 0.0937. The van der Waals surface area contributed by atoms with Crippen LogP contribution in [0.15, 0.2) is 30.3 Å². The van der Waals surface area contributed by atoms with Crippen LogP contribution in [0.2, 0.25) is 0 Å². The van der Waals surface area contributed by atoms with Crippen molar-refractivity contribution in [3.8, 4) is 5.75 Å². The topological polar surface area (TPSA) is 58.6 Å². The van der Waals surface area contributed by atoms with Gasteiger partial charge in [0.1, 0.15) is 5.75 Å². The van der Waals surface area contributed by atoms with Crippen LogP contribution in [0, 0.1) is 6.92 Å². The van der Waals surface area contributed by atoms with Crippen LogP contribution < -0.4 is 5.32 Å². The highest BCUT2D eigenvalue weighted by atomic mass is 16.5. The number of phenolic OH excluding ortho intramolecular Hbond substituents is 1. The lowest BCUT2D eigenvalue weighted by Crippen LogP contribution is -2.25. The van der Waals surface area contributed by atoms with Crippen LogP contribution >= 0.6 is 0 Å². The minimum atomic E-state index is -0.235. The summed E-state index contributed by atoms with van der Waals surface area (Å²) in [5.74, 6) is -0.183. The molecule has 0 aliphatic rings. The SMILES string of the molecule is CCCCCCCCCCCCOCCCNC(=O)c1cc(C)c2ccccc2c1O. The molecule has 2 rings (SSSR count). The van der Waals surface area contributed by atoms with E-state index in [0.29, 0.717) is 24.1 Å². The zero-order valence-corrected chi connectivity index (χ0v) is 19.5. The Balaban J connectivity index is 1.51. The zero-order valence-electron chi connectivity index (χ0n) is 19.5. The van der Waals surface area contributed by atoms with E-state index >= 15 is 0 Å². The van der Waals surface area contributed by atoms with Gasteiger partial charge in [-0.2, -0.15) is 0 Å². The van der Waals surface area contributed by atoms with E-state index < -0.39 is 0 Å². The maximum Gasteiger partial charge on any atom is 0.255 e. The molecular formula is C27H41NO3. The molecular weight excluding hydrogens is 386 g/mol. The highest BCUT2D eigenvalue weighted by Gasteiger charge is 2.15. The molecule has 0 saturated heterocycles. The minimum Gasteiger partial charge on any atom is -0.506 e. The second kappa shape index (κ2) is 14.9. The van der Waals surface area contributed by atoms with Gasteiger partial charge in [0.15, 0.2) is 0 Å². The van der Waals surface area contributed by atoms with Gasteiger partial charge in [0, 0.05) is 25.1 Å². The molecule has 0 fully saturated rings. The monoisotopic (exact) mass is 427 g/mol. The number of carbonyl (C=O) groups excluding carboxylic acids is 1. The summed E-state index contributed by atoms with van der Waals surface area (Å²) in [4.78, 5) is 12.5. The van der Waals surface area contributed by atoms with Crippen LogP contribution in [0.25, 0.3) is 10.8 Å². The number of ether oxygens (including phenoxy) is 1. The van der Waals surface area contributed by atoms with Crippen molar-refractivity contribution >= 4 is 16.7 Å². The molecule has 0 unspecified atom stereocenters. The van der Waals surface area contributed by atoms with Crippen molar-refractivity contribution in [1.82, 2.24) is 5.32 Å². The largest absolute Gasteiger partial charge is 0.506 e. The summed E-state index contributed by atoms with van der Waals surface area (Å²) in [6, 6.07) is 9.36. The van der Waals surface area contributed by atoms with E-state index in [-0.39, 0.29) is 11.7 Å². The first kappa shape index (κ1) is 25.2. The number of aromatic hydroxyl groups is 1. The van der Waals surface area contributed by atoms with Gasteiger partial charge in [-0.1, -0.05) is 89.0 Å². The lowest BCUT2D eigenvalue weighted by atomic mass is 10.00. The smallest absolute Gasteiger partial charge is 0.255 e. The number of fused-ring (bicyclic) bond motifs is 1. The molecule has 2 aromatic rings. The van der Waals surface area contributed by atoms with E-state index in [1.807, 2.05) is 31.2 Å². The molecule has 0 saturated carbocycles. The number of rotatable bonds is 16. The molecule has 0 bridgehead atoms. The summed E-state index contributed by atoms with van der Waals surface area (Å²) in [7, 11) is 0. The predicted octanol–water partition coefficient (Wildman–Crippen LogP) is 6.91. The number of hydrogen-bond acceptors (Lipinski definition) is 3. The first-order chi connectivity index (χ1) is 15.1. The normalized spacial score (nSPS) is 11.2. The molecule has 0 aliphatic heterocycles. The second-order valence-electron chi connectivity index (χ2n) is 8.54. The molecule has 4 nitrogen and oxygen atoms in total. The summed E-state index contributed by atoms with van der Waals surface area (Å²) in [6.07, 6.45) is 14.0. The summed E-state index contributed by atoms with van der Waals surface area (Å²) in [5.41, 5.74) is 1.32. The molecule has 0 radical (unpaired) electrons. The van der Waals surface area contributed by atoms with E-state index in [2.05, 4.69) is 12.2 Å². The Morgan fingerprint density at radius 1 is 0.871 bits per heavy atom. The fourth-order valence-corrected chi connectivity index (χ4v) is 3.98. The van der Waals surface area contributed by atoms with Crippen molar-refractivity contribution in [2.75, 3.05) is 19.8 Å². The lowest BCUT2D eigenvalue weighted by Gasteiger charge is -2.11. The number of amides is 1. The first-order valence-corrected chi connectivity index (χ1v) is 12.2. The van der Waals surface area contributed by atoms with Crippen molar-refractivity contribution in [3.05, 3.63) is 41.5 Å². The first-order valence-electron chi connectivity index (χ1n) is 12.2. The van der Waals surface area contributed by atoms with Crippen LogP contribution in [0.3, 0.4) is 0 Å². The van der Waals surface area contributed by atoms with E-state index in [0.717, 1.165) is 30.4 Å². The van der Waals surface area contributed by atoms with Crippen molar-refractivity contribution in [3.63, 3.8) is 0 Å². The number of nitrogens with one attached hydrogen (secondary N) is 1. The van der Waals surface area contributed by atoms with Crippen LogP contribution in [-0.4, -0.2) is 30.8 Å². The van der Waals surface area contributed by atoms with Gasteiger partial charge in [-0.3, -0.25) is 4.79 Å². The average molecular weight is 428 g/mol. The molecule has 0 spiro atoms. The van der Waals surface area contributed by atoms with Crippen molar-refractivity contribution in [2.24, 2.45) is 0 Å². The number of unbranched alkanes of at least 4 members (excludes halogenated alkanes) is 9. The van der Waals surface area contributed by atoms with Gasteiger partial charge in [-0.15, -0.1) is 0 Å². The van der Waals surface area contributed by atoms with Crippen LogP contribution in [0.1, 0.15) is 93.5 Å². The standard InChI is InChI=1S/C27H41NO3/c1-3-4-5-6-7-8-9-10-11-14-19-31-20-15-18-28-27(30)25-21-22(2)23-16-12-13-17-24(23)26(25)29/h12-13,16-17,21,29H,3-11,14-15,18-20H2,1-2H3,(H,28,30). The van der Waals surface area contributed by atoms with E-state index in [1.165, 1.54) is 57.8 Å². The molecule has 0 heterocycles. The van der Waals surface area contributed by atoms with Crippen molar-refractivity contribution < 1.29 is 14.6 Å². The average Bonchev–Trinajstić information content (AvgIpc) is 2.78. The molecule has 4 heteroatoms. The van der Waals surface area contributed by atoms with Crippen molar-refractivity contribution in [1.29, 1.82) is 0 Å². The molecule has 1 amide bonds.